The topological polar surface area (TPSA) is 40.9 Å². The minimum absolute atomic E-state index is 0.0233. The molecule has 0 saturated heterocycles. The number of nitrogens with zero attached hydrogens (tertiary/aromatic N) is 1. The Labute approximate surface area is 120 Å². The predicted molar refractivity (Wildman–Crippen MR) is 75.1 cm³/mol. The molecular formula is C13H11Cl2NOS. The molecule has 1 saturated carbocycles. The summed E-state index contributed by atoms with van der Waals surface area (Å²) in [6, 6.07) is 4.86. The van der Waals surface area contributed by atoms with Crippen molar-refractivity contribution in [2.45, 2.75) is 24.5 Å². The second-order valence-corrected chi connectivity index (χ2v) is 6.05. The zero-order chi connectivity index (χ0) is 13.1. The van der Waals surface area contributed by atoms with Gasteiger partial charge in [-0.3, -0.25) is 4.79 Å². The molecule has 2 nitrogen and oxygen atoms in total. The highest BCUT2D eigenvalue weighted by atomic mass is 35.5. The summed E-state index contributed by atoms with van der Waals surface area (Å²) in [5.74, 6) is 0.293. The molecule has 1 aliphatic rings. The van der Waals surface area contributed by atoms with Gasteiger partial charge in [-0.1, -0.05) is 29.6 Å². The highest BCUT2D eigenvalue weighted by Gasteiger charge is 2.33. The first-order valence-corrected chi connectivity index (χ1v) is 7.31. The van der Waals surface area contributed by atoms with Crippen LogP contribution in [-0.4, -0.2) is 11.0 Å². The summed E-state index contributed by atoms with van der Waals surface area (Å²) < 4.78 is 0. The van der Waals surface area contributed by atoms with Crippen LogP contribution in [-0.2, 0) is 0 Å². The van der Waals surface area contributed by atoms with E-state index < -0.39 is 0 Å². The van der Waals surface area contributed by atoms with Gasteiger partial charge >= 0.3 is 0 Å². The molecule has 0 heterocycles. The third kappa shape index (κ3) is 2.83. The molecule has 0 aromatic heterocycles. The van der Waals surface area contributed by atoms with Gasteiger partial charge in [-0.15, -0.1) is 0 Å². The fourth-order valence-electron chi connectivity index (χ4n) is 1.98. The first kappa shape index (κ1) is 13.7. The number of carbonyl (C=O) groups excluding carboxylic acids is 1. The molecule has 0 bridgehead atoms. The molecule has 18 heavy (non-hydrogen) atoms. The van der Waals surface area contributed by atoms with Crippen LogP contribution >= 0.6 is 35.0 Å². The molecule has 1 atom stereocenters. The van der Waals surface area contributed by atoms with E-state index in [0.29, 0.717) is 21.5 Å². The molecule has 1 aromatic carbocycles. The minimum atomic E-state index is -0.277. The SMILES string of the molecule is N#CSC(C(=O)c1ccc(Cl)c(Cl)c1)C1CCC1. The molecule has 0 radical (unpaired) electrons. The Morgan fingerprint density at radius 3 is 2.61 bits per heavy atom. The van der Waals surface area contributed by atoms with Crippen LogP contribution in [0, 0.1) is 16.6 Å². The van der Waals surface area contributed by atoms with Gasteiger partial charge in [0.15, 0.2) is 5.78 Å². The average Bonchev–Trinajstić information content (AvgIpc) is 2.29. The van der Waals surface area contributed by atoms with Gasteiger partial charge in [0.2, 0.25) is 0 Å². The van der Waals surface area contributed by atoms with Crippen molar-refractivity contribution in [2.75, 3.05) is 0 Å². The van der Waals surface area contributed by atoms with Crippen molar-refractivity contribution in [2.24, 2.45) is 5.92 Å². The van der Waals surface area contributed by atoms with Gasteiger partial charge in [0, 0.05) is 5.56 Å². The first-order valence-electron chi connectivity index (χ1n) is 5.67. The van der Waals surface area contributed by atoms with E-state index in [4.69, 9.17) is 28.5 Å². The number of carbonyl (C=O) groups is 1. The summed E-state index contributed by atoms with van der Waals surface area (Å²) >= 11 is 12.8. The molecule has 5 heteroatoms. The molecule has 2 rings (SSSR count). The quantitative estimate of drug-likeness (QED) is 0.604. The standard InChI is InChI=1S/C13H11Cl2NOS/c14-10-5-4-9(6-11(10)15)12(17)13(18-7-16)8-2-1-3-8/h4-6,8,13H,1-3H2. The van der Waals surface area contributed by atoms with E-state index in [1.165, 1.54) is 0 Å². The van der Waals surface area contributed by atoms with Gasteiger partial charge in [0.25, 0.3) is 0 Å². The van der Waals surface area contributed by atoms with Gasteiger partial charge in [-0.25, -0.2) is 0 Å². The Balaban J connectivity index is 2.21. The van der Waals surface area contributed by atoms with E-state index in [1.54, 1.807) is 18.2 Å². The Kier molecular flexibility index (Phi) is 4.55. The lowest BCUT2D eigenvalue weighted by atomic mass is 9.80. The van der Waals surface area contributed by atoms with Crippen LogP contribution in [0.1, 0.15) is 29.6 Å². The number of hydrogen-bond donors (Lipinski definition) is 0. The number of hydrogen-bond acceptors (Lipinski definition) is 3. The zero-order valence-electron chi connectivity index (χ0n) is 9.53. The fraction of sp³-hybridized carbons (Fsp3) is 0.385. The van der Waals surface area contributed by atoms with Crippen molar-refractivity contribution in [1.29, 1.82) is 5.26 Å². The molecule has 0 spiro atoms. The van der Waals surface area contributed by atoms with E-state index in [0.717, 1.165) is 31.0 Å². The molecular weight excluding hydrogens is 289 g/mol. The minimum Gasteiger partial charge on any atom is -0.293 e. The van der Waals surface area contributed by atoms with Crippen molar-refractivity contribution in [3.8, 4) is 5.40 Å². The second-order valence-electron chi connectivity index (χ2n) is 4.31. The highest BCUT2D eigenvalue weighted by Crippen LogP contribution is 2.37. The molecule has 0 amide bonds. The van der Waals surface area contributed by atoms with Gasteiger partial charge in [0.05, 0.1) is 15.3 Å². The maximum absolute atomic E-state index is 12.4. The van der Waals surface area contributed by atoms with Crippen molar-refractivity contribution in [3.63, 3.8) is 0 Å². The number of nitriles is 1. The Hall–Kier alpha value is -0.690. The highest BCUT2D eigenvalue weighted by molar-refractivity contribution is 8.05. The van der Waals surface area contributed by atoms with Gasteiger partial charge in [0.1, 0.15) is 5.40 Å². The van der Waals surface area contributed by atoms with Crippen LogP contribution in [0.25, 0.3) is 0 Å². The monoisotopic (exact) mass is 299 g/mol. The second kappa shape index (κ2) is 5.97. The van der Waals surface area contributed by atoms with Crippen LogP contribution in [0.3, 0.4) is 0 Å². The molecule has 0 aliphatic heterocycles. The lowest BCUT2D eigenvalue weighted by Gasteiger charge is -2.30. The lowest BCUT2D eigenvalue weighted by Crippen LogP contribution is -2.31. The summed E-state index contributed by atoms with van der Waals surface area (Å²) in [6.45, 7) is 0. The molecule has 1 aromatic rings. The number of thiocyanates is 1. The van der Waals surface area contributed by atoms with E-state index >= 15 is 0 Å². The van der Waals surface area contributed by atoms with Crippen molar-refractivity contribution in [3.05, 3.63) is 33.8 Å². The van der Waals surface area contributed by atoms with Crippen LogP contribution < -0.4 is 0 Å². The van der Waals surface area contributed by atoms with Crippen LogP contribution in [0.5, 0.6) is 0 Å². The average molecular weight is 300 g/mol. The number of rotatable bonds is 4. The van der Waals surface area contributed by atoms with E-state index in [9.17, 15) is 4.79 Å². The van der Waals surface area contributed by atoms with Crippen molar-refractivity contribution >= 4 is 40.7 Å². The Bertz CT molecular complexity index is 508. The van der Waals surface area contributed by atoms with Crippen molar-refractivity contribution in [1.82, 2.24) is 0 Å². The molecule has 1 aliphatic carbocycles. The summed E-state index contributed by atoms with van der Waals surface area (Å²) in [7, 11) is 0. The Morgan fingerprint density at radius 2 is 2.11 bits per heavy atom. The van der Waals surface area contributed by atoms with E-state index in [1.807, 2.05) is 5.40 Å². The fourth-order valence-corrected chi connectivity index (χ4v) is 3.10. The van der Waals surface area contributed by atoms with Gasteiger partial charge in [-0.2, -0.15) is 5.26 Å². The number of Topliss-reactive ketones (excluding diaryl/α,β-unsaturated/α-hetero) is 1. The van der Waals surface area contributed by atoms with Crippen LogP contribution in [0.15, 0.2) is 18.2 Å². The molecule has 1 fully saturated rings. The summed E-state index contributed by atoms with van der Waals surface area (Å²) in [5.41, 5.74) is 0.532. The maximum Gasteiger partial charge on any atom is 0.177 e. The van der Waals surface area contributed by atoms with Crippen LogP contribution in [0.2, 0.25) is 10.0 Å². The van der Waals surface area contributed by atoms with Gasteiger partial charge < -0.3 is 0 Å². The number of thioether (sulfide) groups is 1. The van der Waals surface area contributed by atoms with E-state index in [-0.39, 0.29) is 11.0 Å². The normalized spacial score (nSPS) is 16.7. The summed E-state index contributed by atoms with van der Waals surface area (Å²) in [5, 5.41) is 11.4. The Morgan fingerprint density at radius 1 is 1.39 bits per heavy atom. The first-order chi connectivity index (χ1) is 8.63. The largest absolute Gasteiger partial charge is 0.293 e. The zero-order valence-corrected chi connectivity index (χ0v) is 11.9. The molecule has 1 unspecified atom stereocenters. The number of benzene rings is 1. The number of ketones is 1. The third-order valence-corrected chi connectivity index (χ3v) is 4.92. The lowest BCUT2D eigenvalue weighted by molar-refractivity contribution is 0.0948. The van der Waals surface area contributed by atoms with Crippen molar-refractivity contribution < 1.29 is 4.79 Å². The van der Waals surface area contributed by atoms with E-state index in [2.05, 4.69) is 0 Å². The molecule has 0 N–H and O–H groups in total. The van der Waals surface area contributed by atoms with Gasteiger partial charge in [-0.05, 0) is 48.7 Å². The third-order valence-electron chi connectivity index (χ3n) is 3.22. The smallest absolute Gasteiger partial charge is 0.177 e. The molecule has 94 valence electrons. The van der Waals surface area contributed by atoms with Crippen LogP contribution in [0.4, 0.5) is 0 Å². The number of halogens is 2. The summed E-state index contributed by atoms with van der Waals surface area (Å²) in [4.78, 5) is 12.4. The maximum atomic E-state index is 12.4. The summed E-state index contributed by atoms with van der Waals surface area (Å²) in [6.07, 6.45) is 3.18. The predicted octanol–water partition coefficient (Wildman–Crippen LogP) is 4.56.